The minimum Gasteiger partial charge on any atom is -0.496 e. The summed E-state index contributed by atoms with van der Waals surface area (Å²) < 4.78 is 11.1. The van der Waals surface area contributed by atoms with E-state index < -0.39 is 0 Å². The molecule has 0 spiro atoms. The number of hydrogen-bond acceptors (Lipinski definition) is 4. The topological polar surface area (TPSA) is 33.7 Å². The lowest BCUT2D eigenvalue weighted by molar-refractivity contribution is 0.132. The van der Waals surface area contributed by atoms with Crippen LogP contribution in [-0.2, 0) is 12.8 Å². The Hall–Kier alpha value is -0.680. The fourth-order valence-electron chi connectivity index (χ4n) is 3.91. The van der Waals surface area contributed by atoms with Gasteiger partial charge in [-0.1, -0.05) is 0 Å². The Morgan fingerprint density at radius 2 is 1.74 bits per heavy atom. The highest BCUT2D eigenvalue weighted by Gasteiger charge is 2.32. The zero-order chi connectivity index (χ0) is 14.8. The lowest BCUT2D eigenvalue weighted by atomic mass is 9.78. The van der Waals surface area contributed by atoms with Gasteiger partial charge in [0.05, 0.1) is 14.2 Å². The molecule has 6 heteroatoms. The predicted molar refractivity (Wildman–Crippen MR) is 98.8 cm³/mol. The minimum absolute atomic E-state index is 0. The van der Waals surface area contributed by atoms with Gasteiger partial charge in [0.15, 0.2) is 0 Å². The van der Waals surface area contributed by atoms with E-state index in [0.717, 1.165) is 44.0 Å². The number of halogens is 2. The van der Waals surface area contributed by atoms with Gasteiger partial charge in [0, 0.05) is 36.8 Å². The van der Waals surface area contributed by atoms with Crippen LogP contribution < -0.4 is 14.8 Å². The van der Waals surface area contributed by atoms with Gasteiger partial charge >= 0.3 is 0 Å². The van der Waals surface area contributed by atoms with Gasteiger partial charge in [-0.15, -0.1) is 24.8 Å². The van der Waals surface area contributed by atoms with Crippen molar-refractivity contribution < 1.29 is 9.47 Å². The second kappa shape index (κ2) is 8.97. The van der Waals surface area contributed by atoms with E-state index in [9.17, 15) is 0 Å². The van der Waals surface area contributed by atoms with Gasteiger partial charge in [-0.3, -0.25) is 0 Å². The second-order valence-electron chi connectivity index (χ2n) is 6.18. The van der Waals surface area contributed by atoms with Crippen molar-refractivity contribution in [3.8, 4) is 11.5 Å². The molecule has 1 heterocycles. The SMILES string of the molecule is COc1ccc(OC)c2c1CCC(C1CNCCN1C)C2.Cl.Cl. The first kappa shape index (κ1) is 20.4. The Balaban J connectivity index is 0.00000132. The van der Waals surface area contributed by atoms with E-state index in [1.165, 1.54) is 17.5 Å². The monoisotopic (exact) mass is 362 g/mol. The normalized spacial score (nSPS) is 24.0. The largest absolute Gasteiger partial charge is 0.496 e. The molecular formula is C17H28Cl2N2O2. The molecule has 3 rings (SSSR count). The number of nitrogens with one attached hydrogen (secondary N) is 1. The van der Waals surface area contributed by atoms with Crippen LogP contribution in [0.2, 0.25) is 0 Å². The third kappa shape index (κ3) is 4.05. The van der Waals surface area contributed by atoms with Gasteiger partial charge in [-0.05, 0) is 44.4 Å². The molecule has 2 aliphatic rings. The van der Waals surface area contributed by atoms with Crippen molar-refractivity contribution in [1.82, 2.24) is 10.2 Å². The Morgan fingerprint density at radius 1 is 1.09 bits per heavy atom. The molecule has 132 valence electrons. The highest BCUT2D eigenvalue weighted by Crippen LogP contribution is 2.39. The first-order valence-corrected chi connectivity index (χ1v) is 7.88. The molecule has 1 N–H and O–H groups in total. The first-order valence-electron chi connectivity index (χ1n) is 7.88. The number of hydrogen-bond donors (Lipinski definition) is 1. The lowest BCUT2D eigenvalue weighted by Gasteiger charge is -2.41. The van der Waals surface area contributed by atoms with Crippen LogP contribution in [0.4, 0.5) is 0 Å². The molecule has 1 aromatic carbocycles. The van der Waals surface area contributed by atoms with Gasteiger partial charge < -0.3 is 19.7 Å². The summed E-state index contributed by atoms with van der Waals surface area (Å²) in [6.45, 7) is 3.35. The number of ether oxygens (including phenoxy) is 2. The number of fused-ring (bicyclic) bond motifs is 1. The number of benzene rings is 1. The van der Waals surface area contributed by atoms with Crippen LogP contribution in [0.1, 0.15) is 17.5 Å². The second-order valence-corrected chi connectivity index (χ2v) is 6.18. The highest BCUT2D eigenvalue weighted by molar-refractivity contribution is 5.85. The summed E-state index contributed by atoms with van der Waals surface area (Å²) in [6.07, 6.45) is 3.41. The molecule has 0 aromatic heterocycles. The van der Waals surface area contributed by atoms with Crippen LogP contribution >= 0.6 is 24.8 Å². The molecule has 2 unspecified atom stereocenters. The van der Waals surface area contributed by atoms with Crippen molar-refractivity contribution in [3.63, 3.8) is 0 Å². The number of piperazine rings is 1. The summed E-state index contributed by atoms with van der Waals surface area (Å²) in [7, 11) is 5.77. The average Bonchev–Trinajstić information content (AvgIpc) is 2.53. The van der Waals surface area contributed by atoms with E-state index >= 15 is 0 Å². The van der Waals surface area contributed by atoms with Crippen molar-refractivity contribution in [3.05, 3.63) is 23.3 Å². The summed E-state index contributed by atoms with van der Waals surface area (Å²) in [4.78, 5) is 2.51. The fraction of sp³-hybridized carbons (Fsp3) is 0.647. The van der Waals surface area contributed by atoms with E-state index in [1.54, 1.807) is 14.2 Å². The van der Waals surface area contributed by atoms with Gasteiger partial charge in [-0.25, -0.2) is 0 Å². The smallest absolute Gasteiger partial charge is 0.122 e. The standard InChI is InChI=1S/C17H26N2O2.2ClH/c1-19-9-8-18-11-15(19)12-4-5-13-14(10-12)17(21-3)7-6-16(13)20-2;;/h6-7,12,15,18H,4-5,8-11H2,1-3H3;2*1H. The number of rotatable bonds is 3. The molecule has 0 radical (unpaired) electrons. The van der Waals surface area contributed by atoms with Crippen molar-refractivity contribution in [1.29, 1.82) is 0 Å². The van der Waals surface area contributed by atoms with Crippen molar-refractivity contribution >= 4 is 24.8 Å². The average molecular weight is 363 g/mol. The quantitative estimate of drug-likeness (QED) is 0.895. The number of nitrogens with zero attached hydrogens (tertiary/aromatic N) is 1. The minimum atomic E-state index is 0. The number of methoxy groups -OCH3 is 2. The molecule has 0 saturated carbocycles. The summed E-state index contributed by atoms with van der Waals surface area (Å²) in [5, 5.41) is 3.54. The van der Waals surface area contributed by atoms with Crippen LogP contribution in [-0.4, -0.2) is 51.8 Å². The van der Waals surface area contributed by atoms with Crippen molar-refractivity contribution in [2.75, 3.05) is 40.9 Å². The molecule has 1 saturated heterocycles. The molecular weight excluding hydrogens is 335 g/mol. The zero-order valence-corrected chi connectivity index (χ0v) is 15.8. The van der Waals surface area contributed by atoms with Gasteiger partial charge in [0.1, 0.15) is 11.5 Å². The Morgan fingerprint density at radius 3 is 2.35 bits per heavy atom. The molecule has 2 atom stereocenters. The Labute approximate surface area is 151 Å². The van der Waals surface area contributed by atoms with E-state index in [0.29, 0.717) is 12.0 Å². The third-order valence-corrected chi connectivity index (χ3v) is 5.12. The maximum atomic E-state index is 5.59. The first-order chi connectivity index (χ1) is 10.2. The summed E-state index contributed by atoms with van der Waals surface area (Å²) in [6, 6.07) is 4.71. The number of likely N-dealkylation sites (N-methyl/N-ethyl adjacent to an activating group) is 1. The molecule has 0 amide bonds. The van der Waals surface area contributed by atoms with Crippen LogP contribution in [0, 0.1) is 5.92 Å². The Bertz CT molecular complexity index is 514. The maximum absolute atomic E-state index is 5.59. The Kier molecular flexibility index (Phi) is 7.95. The van der Waals surface area contributed by atoms with Crippen LogP contribution in [0.15, 0.2) is 12.1 Å². The third-order valence-electron chi connectivity index (χ3n) is 5.12. The van der Waals surface area contributed by atoms with E-state index in [-0.39, 0.29) is 24.8 Å². The summed E-state index contributed by atoms with van der Waals surface area (Å²) in [5.74, 6) is 2.72. The van der Waals surface area contributed by atoms with Crippen molar-refractivity contribution in [2.45, 2.75) is 25.3 Å². The van der Waals surface area contributed by atoms with Gasteiger partial charge in [-0.2, -0.15) is 0 Å². The van der Waals surface area contributed by atoms with Gasteiger partial charge in [0.25, 0.3) is 0 Å². The van der Waals surface area contributed by atoms with Gasteiger partial charge in [0.2, 0.25) is 0 Å². The molecule has 23 heavy (non-hydrogen) atoms. The van der Waals surface area contributed by atoms with Crippen LogP contribution in [0.3, 0.4) is 0 Å². The van der Waals surface area contributed by atoms with Crippen molar-refractivity contribution in [2.24, 2.45) is 5.92 Å². The summed E-state index contributed by atoms with van der Waals surface area (Å²) >= 11 is 0. The van der Waals surface area contributed by atoms with Crippen LogP contribution in [0.5, 0.6) is 11.5 Å². The fourth-order valence-corrected chi connectivity index (χ4v) is 3.91. The van der Waals surface area contributed by atoms with Crippen LogP contribution in [0.25, 0.3) is 0 Å². The molecule has 0 bridgehead atoms. The molecule has 1 aliphatic carbocycles. The molecule has 1 fully saturated rings. The highest BCUT2D eigenvalue weighted by atomic mass is 35.5. The summed E-state index contributed by atoms with van der Waals surface area (Å²) in [5.41, 5.74) is 2.70. The van der Waals surface area contributed by atoms with E-state index in [2.05, 4.69) is 17.3 Å². The van der Waals surface area contributed by atoms with E-state index in [1.807, 2.05) is 12.1 Å². The van der Waals surface area contributed by atoms with E-state index in [4.69, 9.17) is 9.47 Å². The molecule has 1 aliphatic heterocycles. The predicted octanol–water partition coefficient (Wildman–Crippen LogP) is 2.56. The molecule has 1 aromatic rings. The molecule has 4 nitrogen and oxygen atoms in total. The zero-order valence-electron chi connectivity index (χ0n) is 14.1. The lowest BCUT2D eigenvalue weighted by Crippen LogP contribution is -2.53. The maximum Gasteiger partial charge on any atom is 0.122 e.